The maximum absolute atomic E-state index is 15.4. The van der Waals surface area contributed by atoms with Crippen molar-refractivity contribution in [1.82, 2.24) is 24.5 Å². The Labute approximate surface area is 143 Å². The highest BCUT2D eigenvalue weighted by Crippen LogP contribution is 2.38. The molecular weight excluding hydrogens is 321 g/mol. The van der Waals surface area contributed by atoms with E-state index in [2.05, 4.69) is 21.0 Å². The molecule has 0 spiro atoms. The van der Waals surface area contributed by atoms with Gasteiger partial charge in [0, 0.05) is 42.6 Å². The van der Waals surface area contributed by atoms with E-state index in [1.165, 1.54) is 11.3 Å². The second kappa shape index (κ2) is 5.95. The number of aromatic amines is 1. The summed E-state index contributed by atoms with van der Waals surface area (Å²) < 4.78 is 17.2. The number of H-pyrrole nitrogens is 1. The SMILES string of the molecule is N#CCC(n1ccc(-c2ncnc3[nH]ccc23)c1)C1(F)CCN(N)C1. The number of nitrogens with zero attached hydrogens (tertiary/aromatic N) is 5. The molecule has 3 aromatic heterocycles. The predicted molar refractivity (Wildman–Crippen MR) is 90.8 cm³/mol. The zero-order valence-electron chi connectivity index (χ0n) is 13.6. The quantitative estimate of drug-likeness (QED) is 0.710. The van der Waals surface area contributed by atoms with Crippen LogP contribution in [0.3, 0.4) is 0 Å². The van der Waals surface area contributed by atoms with Crippen LogP contribution in [0.15, 0.2) is 37.1 Å². The van der Waals surface area contributed by atoms with Gasteiger partial charge < -0.3 is 9.55 Å². The first kappa shape index (κ1) is 15.7. The second-order valence-electron chi connectivity index (χ2n) is 6.44. The van der Waals surface area contributed by atoms with Crippen molar-refractivity contribution in [2.24, 2.45) is 5.84 Å². The Bertz CT molecular complexity index is 940. The Morgan fingerprint density at radius 2 is 2.32 bits per heavy atom. The fourth-order valence-corrected chi connectivity index (χ4v) is 3.59. The van der Waals surface area contributed by atoms with E-state index in [1.54, 1.807) is 10.8 Å². The lowest BCUT2D eigenvalue weighted by atomic mass is 9.93. The highest BCUT2D eigenvalue weighted by Gasteiger charge is 2.45. The van der Waals surface area contributed by atoms with Gasteiger partial charge in [0.2, 0.25) is 0 Å². The average molecular weight is 339 g/mol. The molecule has 8 heteroatoms. The van der Waals surface area contributed by atoms with Crippen molar-refractivity contribution in [3.63, 3.8) is 0 Å². The van der Waals surface area contributed by atoms with Crippen molar-refractivity contribution in [2.75, 3.05) is 13.1 Å². The fourth-order valence-electron chi connectivity index (χ4n) is 3.59. The number of hydrogen-bond donors (Lipinski definition) is 2. The van der Waals surface area contributed by atoms with Crippen LogP contribution in [0.4, 0.5) is 4.39 Å². The summed E-state index contributed by atoms with van der Waals surface area (Å²) in [7, 11) is 0. The van der Waals surface area contributed by atoms with Gasteiger partial charge in [-0.3, -0.25) is 5.84 Å². The maximum atomic E-state index is 15.4. The first-order chi connectivity index (χ1) is 12.1. The summed E-state index contributed by atoms with van der Waals surface area (Å²) in [5.41, 5.74) is 0.875. The van der Waals surface area contributed by atoms with Crippen molar-refractivity contribution in [1.29, 1.82) is 5.26 Å². The number of hydrogen-bond acceptors (Lipinski definition) is 5. The minimum atomic E-state index is -1.52. The molecule has 1 saturated heterocycles. The minimum Gasteiger partial charge on any atom is -0.346 e. The van der Waals surface area contributed by atoms with Crippen molar-refractivity contribution in [3.05, 3.63) is 37.1 Å². The molecule has 3 N–H and O–H groups in total. The predicted octanol–water partition coefficient (Wildman–Crippen LogP) is 2.17. The van der Waals surface area contributed by atoms with Crippen molar-refractivity contribution < 1.29 is 4.39 Å². The van der Waals surface area contributed by atoms with E-state index in [9.17, 15) is 5.26 Å². The van der Waals surface area contributed by atoms with E-state index in [-0.39, 0.29) is 13.0 Å². The van der Waals surface area contributed by atoms with E-state index < -0.39 is 11.7 Å². The number of aromatic nitrogens is 4. The minimum absolute atomic E-state index is 0.0851. The summed E-state index contributed by atoms with van der Waals surface area (Å²) in [6.45, 7) is 0.616. The molecule has 25 heavy (non-hydrogen) atoms. The number of nitrogens with one attached hydrogen (secondary N) is 1. The molecule has 0 amide bonds. The van der Waals surface area contributed by atoms with Gasteiger partial charge in [-0.05, 0) is 18.6 Å². The van der Waals surface area contributed by atoms with E-state index >= 15 is 4.39 Å². The Kier molecular flexibility index (Phi) is 3.75. The molecule has 4 rings (SSSR count). The van der Waals surface area contributed by atoms with Crippen LogP contribution >= 0.6 is 0 Å². The lowest BCUT2D eigenvalue weighted by Crippen LogP contribution is -2.39. The molecule has 1 aliphatic heterocycles. The molecule has 128 valence electrons. The number of halogens is 1. The number of rotatable bonds is 4. The lowest BCUT2D eigenvalue weighted by Gasteiger charge is -2.29. The summed E-state index contributed by atoms with van der Waals surface area (Å²) in [4.78, 5) is 11.6. The molecule has 7 nitrogen and oxygen atoms in total. The molecule has 0 radical (unpaired) electrons. The van der Waals surface area contributed by atoms with E-state index in [0.717, 1.165) is 22.3 Å². The van der Waals surface area contributed by atoms with E-state index in [0.29, 0.717) is 13.0 Å². The second-order valence-corrected chi connectivity index (χ2v) is 6.44. The van der Waals surface area contributed by atoms with Crippen LogP contribution in [0.1, 0.15) is 18.9 Å². The highest BCUT2D eigenvalue weighted by molar-refractivity contribution is 5.90. The Morgan fingerprint density at radius 3 is 3.08 bits per heavy atom. The zero-order valence-corrected chi connectivity index (χ0v) is 13.6. The first-order valence-corrected chi connectivity index (χ1v) is 8.12. The van der Waals surface area contributed by atoms with Crippen LogP contribution in [-0.4, -0.2) is 43.3 Å². The third-order valence-corrected chi connectivity index (χ3v) is 4.86. The average Bonchev–Trinajstić information content (AvgIpc) is 3.32. The van der Waals surface area contributed by atoms with Gasteiger partial charge in [0.05, 0.1) is 24.2 Å². The summed E-state index contributed by atoms with van der Waals surface area (Å²) in [5, 5.41) is 11.6. The number of fused-ring (bicyclic) bond motifs is 1. The largest absolute Gasteiger partial charge is 0.346 e. The maximum Gasteiger partial charge on any atom is 0.147 e. The van der Waals surface area contributed by atoms with Crippen LogP contribution < -0.4 is 5.84 Å². The first-order valence-electron chi connectivity index (χ1n) is 8.12. The molecule has 0 aliphatic carbocycles. The molecule has 1 fully saturated rings. The molecule has 2 unspecified atom stereocenters. The number of alkyl halides is 1. The highest BCUT2D eigenvalue weighted by atomic mass is 19.1. The third-order valence-electron chi connectivity index (χ3n) is 4.86. The van der Waals surface area contributed by atoms with Gasteiger partial charge in [0.25, 0.3) is 0 Å². The van der Waals surface area contributed by atoms with Crippen LogP contribution in [0.2, 0.25) is 0 Å². The number of nitrogens with two attached hydrogens (primary N) is 1. The molecule has 1 aliphatic rings. The van der Waals surface area contributed by atoms with Gasteiger partial charge in [-0.1, -0.05) is 0 Å². The zero-order chi connectivity index (χ0) is 17.4. The summed E-state index contributed by atoms with van der Waals surface area (Å²) >= 11 is 0. The van der Waals surface area contributed by atoms with Crippen molar-refractivity contribution in [3.8, 4) is 17.3 Å². The monoisotopic (exact) mass is 339 g/mol. The molecular formula is C17H18FN7. The van der Waals surface area contributed by atoms with Crippen molar-refractivity contribution in [2.45, 2.75) is 24.6 Å². The molecule has 0 aromatic carbocycles. The molecule has 2 atom stereocenters. The molecule has 0 bridgehead atoms. The smallest absolute Gasteiger partial charge is 0.147 e. The van der Waals surface area contributed by atoms with Crippen LogP contribution in [-0.2, 0) is 0 Å². The molecule has 4 heterocycles. The Balaban J connectivity index is 1.72. The van der Waals surface area contributed by atoms with Crippen LogP contribution in [0.5, 0.6) is 0 Å². The number of hydrazine groups is 1. The number of nitriles is 1. The molecule has 3 aromatic rings. The van der Waals surface area contributed by atoms with Gasteiger partial charge in [-0.15, -0.1) is 0 Å². The van der Waals surface area contributed by atoms with Gasteiger partial charge in [-0.2, -0.15) is 5.26 Å². The summed E-state index contributed by atoms with van der Waals surface area (Å²) in [5.74, 6) is 5.75. The fraction of sp³-hybridized carbons (Fsp3) is 0.353. The van der Waals surface area contributed by atoms with Gasteiger partial charge in [-0.25, -0.2) is 19.4 Å². The molecule has 0 saturated carbocycles. The normalized spacial score (nSPS) is 22.3. The van der Waals surface area contributed by atoms with E-state index in [4.69, 9.17) is 5.84 Å². The lowest BCUT2D eigenvalue weighted by molar-refractivity contribution is 0.0955. The van der Waals surface area contributed by atoms with Gasteiger partial charge >= 0.3 is 0 Å². The van der Waals surface area contributed by atoms with E-state index in [1.807, 2.05) is 24.5 Å². The van der Waals surface area contributed by atoms with Gasteiger partial charge in [0.15, 0.2) is 0 Å². The standard InChI is InChI=1S/C17H18FN7/c18-17(4-8-25(20)10-17)14(1-5-19)24-7-3-12(9-24)15-13-2-6-21-16(13)23-11-22-15/h2-3,6-7,9,11,14H,1,4,8,10,20H2,(H,21,22,23). The summed E-state index contributed by atoms with van der Waals surface area (Å²) in [6.07, 6.45) is 7.36. The third kappa shape index (κ3) is 2.67. The van der Waals surface area contributed by atoms with Gasteiger partial charge in [0.1, 0.15) is 17.6 Å². The Morgan fingerprint density at radius 1 is 1.44 bits per heavy atom. The van der Waals surface area contributed by atoms with Crippen LogP contribution in [0.25, 0.3) is 22.3 Å². The Hall–Kier alpha value is -2.76. The van der Waals surface area contributed by atoms with Crippen molar-refractivity contribution >= 4 is 11.0 Å². The topological polar surface area (TPSA) is 99.5 Å². The summed E-state index contributed by atoms with van der Waals surface area (Å²) in [6, 6.07) is 5.32. The van der Waals surface area contributed by atoms with Crippen LogP contribution in [0, 0.1) is 11.3 Å².